The number of carbonyl (C=O) groups is 2. The van der Waals surface area contributed by atoms with Crippen molar-refractivity contribution in [3.63, 3.8) is 0 Å². The fourth-order valence-corrected chi connectivity index (χ4v) is 1.93. The van der Waals surface area contributed by atoms with Gasteiger partial charge in [-0.3, -0.25) is 10.5 Å². The second kappa shape index (κ2) is 5.26. The lowest BCUT2D eigenvalue weighted by atomic mass is 9.90. The normalized spacial score (nSPS) is 22.6. The number of benzene rings is 1. The first-order chi connectivity index (χ1) is 9.08. The Kier molecular flexibility index (Phi) is 3.69. The van der Waals surface area contributed by atoms with E-state index in [2.05, 4.69) is 10.6 Å². The molecule has 0 bridgehead atoms. The van der Waals surface area contributed by atoms with Gasteiger partial charge in [0.15, 0.2) is 5.66 Å². The van der Waals surface area contributed by atoms with Gasteiger partial charge in [-0.15, -0.1) is 0 Å². The number of nitrogens with one attached hydrogen (secondary N) is 2. The van der Waals surface area contributed by atoms with Crippen molar-refractivity contribution in [2.24, 2.45) is 5.73 Å². The Morgan fingerprint density at radius 3 is 2.63 bits per heavy atom. The molecule has 0 fully saturated rings. The van der Waals surface area contributed by atoms with Gasteiger partial charge >= 0.3 is 6.03 Å². The minimum absolute atomic E-state index is 0.371. The van der Waals surface area contributed by atoms with Crippen LogP contribution in [0.15, 0.2) is 53.7 Å². The minimum Gasteiger partial charge on any atom is -0.314 e. The molecule has 0 aliphatic carbocycles. The summed E-state index contributed by atoms with van der Waals surface area (Å²) >= 11 is 5.52. The highest BCUT2D eigenvalue weighted by molar-refractivity contribution is 6.25. The van der Waals surface area contributed by atoms with E-state index in [4.69, 9.17) is 17.3 Å². The highest BCUT2D eigenvalue weighted by Gasteiger charge is 2.41. The van der Waals surface area contributed by atoms with Gasteiger partial charge in [0.05, 0.1) is 0 Å². The first-order valence-electron chi connectivity index (χ1n) is 5.53. The van der Waals surface area contributed by atoms with Crippen LogP contribution in [0.1, 0.15) is 10.4 Å². The fourth-order valence-electron chi connectivity index (χ4n) is 1.80. The lowest BCUT2D eigenvalue weighted by Crippen LogP contribution is -2.66. The van der Waals surface area contributed by atoms with Gasteiger partial charge in [0.2, 0.25) is 5.78 Å². The predicted octanol–water partition coefficient (Wildman–Crippen LogP) is 1.47. The Morgan fingerprint density at radius 2 is 2.00 bits per heavy atom. The number of amides is 2. The zero-order chi connectivity index (χ0) is 13.9. The maximum Gasteiger partial charge on any atom is 0.320 e. The molecule has 2 rings (SSSR count). The van der Waals surface area contributed by atoms with Gasteiger partial charge in [-0.05, 0) is 6.08 Å². The summed E-state index contributed by atoms with van der Waals surface area (Å²) in [4.78, 5) is 23.9. The van der Waals surface area contributed by atoms with Gasteiger partial charge in [0.25, 0.3) is 0 Å². The molecule has 0 aromatic heterocycles. The number of urea groups is 1. The number of ketones is 1. The first kappa shape index (κ1) is 13.3. The summed E-state index contributed by atoms with van der Waals surface area (Å²) in [7, 11) is 0. The van der Waals surface area contributed by atoms with Crippen LogP contribution in [0.4, 0.5) is 4.79 Å². The van der Waals surface area contributed by atoms with Gasteiger partial charge in [-0.1, -0.05) is 41.9 Å². The van der Waals surface area contributed by atoms with Crippen molar-refractivity contribution in [2.75, 3.05) is 0 Å². The van der Waals surface area contributed by atoms with Crippen LogP contribution in [0.2, 0.25) is 0 Å². The SMILES string of the molecule is NC1(C(=O)c2ccccc2)NC(=O)NC=C1C=CCl. The molecule has 1 unspecified atom stereocenters. The van der Waals surface area contributed by atoms with Gasteiger partial charge in [0.1, 0.15) is 0 Å². The zero-order valence-electron chi connectivity index (χ0n) is 9.89. The standard InChI is InChI=1S/C13H12ClN3O2/c14-7-6-10-8-16-12(19)17-13(10,15)11(18)9-4-2-1-3-5-9/h1-8H,15H2,(H2,16,17,19). The number of carbonyl (C=O) groups excluding carboxylic acids is 2. The molecule has 0 radical (unpaired) electrons. The predicted molar refractivity (Wildman–Crippen MR) is 72.4 cm³/mol. The van der Waals surface area contributed by atoms with Crippen LogP contribution >= 0.6 is 11.6 Å². The molecule has 1 aliphatic rings. The minimum atomic E-state index is -1.63. The number of halogens is 1. The van der Waals surface area contributed by atoms with Crippen molar-refractivity contribution in [1.29, 1.82) is 0 Å². The number of hydrogen-bond donors (Lipinski definition) is 3. The molecule has 1 atom stereocenters. The quantitative estimate of drug-likeness (QED) is 0.732. The molecule has 0 saturated heterocycles. The van der Waals surface area contributed by atoms with E-state index in [9.17, 15) is 9.59 Å². The lowest BCUT2D eigenvalue weighted by molar-refractivity contribution is 0.0891. The summed E-state index contributed by atoms with van der Waals surface area (Å²) < 4.78 is 0. The average Bonchev–Trinajstić information content (AvgIpc) is 2.42. The summed E-state index contributed by atoms with van der Waals surface area (Å²) in [5.41, 5.74) is 6.43. The van der Waals surface area contributed by atoms with E-state index in [-0.39, 0.29) is 0 Å². The maximum absolute atomic E-state index is 12.5. The maximum atomic E-state index is 12.5. The zero-order valence-corrected chi connectivity index (χ0v) is 10.6. The van der Waals surface area contributed by atoms with Gasteiger partial charge in [-0.2, -0.15) is 0 Å². The highest BCUT2D eigenvalue weighted by atomic mass is 35.5. The van der Waals surface area contributed by atoms with E-state index < -0.39 is 17.5 Å². The van der Waals surface area contributed by atoms with E-state index in [1.165, 1.54) is 17.8 Å². The van der Waals surface area contributed by atoms with E-state index in [1.54, 1.807) is 30.3 Å². The second-order valence-corrected chi connectivity index (χ2v) is 4.25. The smallest absolute Gasteiger partial charge is 0.314 e. The molecule has 1 aliphatic heterocycles. The molecule has 1 heterocycles. The number of nitrogens with two attached hydrogens (primary N) is 1. The molecule has 19 heavy (non-hydrogen) atoms. The molecule has 4 N–H and O–H groups in total. The third kappa shape index (κ3) is 2.52. The van der Waals surface area contributed by atoms with Crippen molar-refractivity contribution in [2.45, 2.75) is 5.66 Å². The fraction of sp³-hybridized carbons (Fsp3) is 0.0769. The third-order valence-electron chi connectivity index (χ3n) is 2.76. The topological polar surface area (TPSA) is 84.2 Å². The van der Waals surface area contributed by atoms with E-state index >= 15 is 0 Å². The van der Waals surface area contributed by atoms with Crippen molar-refractivity contribution in [3.05, 3.63) is 59.3 Å². The summed E-state index contributed by atoms with van der Waals surface area (Å²) in [5, 5.41) is 4.85. The van der Waals surface area contributed by atoms with Crippen LogP contribution in [0.5, 0.6) is 0 Å². The lowest BCUT2D eigenvalue weighted by Gasteiger charge is -2.33. The largest absolute Gasteiger partial charge is 0.320 e. The molecule has 1 aromatic rings. The molecule has 2 amide bonds. The Labute approximate surface area is 115 Å². The summed E-state index contributed by atoms with van der Waals surface area (Å²) in [6.45, 7) is 0. The van der Waals surface area contributed by atoms with Crippen LogP contribution in [-0.2, 0) is 0 Å². The molecule has 5 nitrogen and oxygen atoms in total. The molecule has 98 valence electrons. The Morgan fingerprint density at radius 1 is 1.32 bits per heavy atom. The van der Waals surface area contributed by atoms with Crippen molar-refractivity contribution < 1.29 is 9.59 Å². The number of rotatable bonds is 3. The molecular weight excluding hydrogens is 266 g/mol. The summed E-state index contributed by atoms with van der Waals surface area (Å²) in [6.07, 6.45) is 2.81. The Hall–Kier alpha value is -2.11. The van der Waals surface area contributed by atoms with Crippen LogP contribution in [0.25, 0.3) is 0 Å². The third-order valence-corrected chi connectivity index (χ3v) is 2.89. The Bertz CT molecular complexity index is 569. The van der Waals surface area contributed by atoms with Crippen molar-refractivity contribution in [1.82, 2.24) is 10.6 Å². The van der Waals surface area contributed by atoms with Crippen LogP contribution in [0, 0.1) is 0 Å². The summed E-state index contributed by atoms with van der Waals surface area (Å²) in [5.74, 6) is -0.413. The first-order valence-corrected chi connectivity index (χ1v) is 5.96. The highest BCUT2D eigenvalue weighted by Crippen LogP contribution is 2.20. The van der Waals surface area contributed by atoms with Gasteiger partial charge in [0, 0.05) is 22.9 Å². The molecular formula is C13H12ClN3O2. The monoisotopic (exact) mass is 277 g/mol. The van der Waals surface area contributed by atoms with Crippen LogP contribution in [0.3, 0.4) is 0 Å². The molecule has 0 saturated carbocycles. The van der Waals surface area contributed by atoms with Crippen molar-refractivity contribution >= 4 is 23.4 Å². The summed E-state index contributed by atoms with van der Waals surface area (Å²) in [6, 6.07) is 7.95. The number of hydrogen-bond acceptors (Lipinski definition) is 3. The van der Waals surface area contributed by atoms with E-state index in [1.807, 2.05) is 0 Å². The van der Waals surface area contributed by atoms with Gasteiger partial charge < -0.3 is 10.6 Å². The molecule has 0 spiro atoms. The van der Waals surface area contributed by atoms with E-state index in [0.717, 1.165) is 0 Å². The van der Waals surface area contributed by atoms with Gasteiger partial charge in [-0.25, -0.2) is 4.79 Å². The Balaban J connectivity index is 2.44. The second-order valence-electron chi connectivity index (χ2n) is 3.99. The number of Topliss-reactive ketones (excluding diaryl/α,β-unsaturated/α-hetero) is 1. The average molecular weight is 278 g/mol. The van der Waals surface area contributed by atoms with Crippen molar-refractivity contribution in [3.8, 4) is 0 Å². The molecule has 6 heteroatoms. The van der Waals surface area contributed by atoms with E-state index in [0.29, 0.717) is 11.1 Å². The van der Waals surface area contributed by atoms with Crippen LogP contribution in [-0.4, -0.2) is 17.5 Å². The van der Waals surface area contributed by atoms with Crippen LogP contribution < -0.4 is 16.4 Å². The molecule has 1 aromatic carbocycles.